The number of rotatable bonds is 7. The second-order valence-electron chi connectivity index (χ2n) is 5.30. The predicted molar refractivity (Wildman–Crippen MR) is 87.0 cm³/mol. The highest BCUT2D eigenvalue weighted by Crippen LogP contribution is 2.10. The largest absolute Gasteiger partial charge is 0.357 e. The number of hydrogen-bond acceptors (Lipinski definition) is 2. The van der Waals surface area contributed by atoms with E-state index in [2.05, 4.69) is 20.9 Å². The van der Waals surface area contributed by atoms with Gasteiger partial charge in [0.05, 0.1) is 6.54 Å². The van der Waals surface area contributed by atoms with Crippen molar-refractivity contribution in [3.63, 3.8) is 0 Å². The van der Waals surface area contributed by atoms with Crippen molar-refractivity contribution in [2.45, 2.75) is 27.3 Å². The fraction of sp³-hybridized carbons (Fsp3) is 0.500. The van der Waals surface area contributed by atoms with Crippen LogP contribution in [-0.4, -0.2) is 31.5 Å². The van der Waals surface area contributed by atoms with Gasteiger partial charge in [0.1, 0.15) is 11.6 Å². The van der Waals surface area contributed by atoms with Crippen molar-refractivity contribution < 1.29 is 13.6 Å². The molecule has 0 atom stereocenters. The van der Waals surface area contributed by atoms with Crippen LogP contribution in [-0.2, 0) is 11.3 Å². The Kier molecular flexibility index (Phi) is 8.01. The Hall–Kier alpha value is -2.18. The van der Waals surface area contributed by atoms with Gasteiger partial charge in [-0.05, 0) is 25.1 Å². The molecule has 1 aromatic carbocycles. The molecule has 1 aromatic rings. The lowest BCUT2D eigenvalue weighted by atomic mass is 10.2. The molecule has 0 saturated heterocycles. The first-order valence-electron chi connectivity index (χ1n) is 7.67. The summed E-state index contributed by atoms with van der Waals surface area (Å²) < 4.78 is 26.7. The van der Waals surface area contributed by atoms with Gasteiger partial charge in [0, 0.05) is 31.1 Å². The first-order chi connectivity index (χ1) is 10.9. The van der Waals surface area contributed by atoms with Gasteiger partial charge in [0.25, 0.3) is 0 Å². The van der Waals surface area contributed by atoms with E-state index in [0.29, 0.717) is 25.6 Å². The zero-order chi connectivity index (χ0) is 17.2. The molecule has 3 N–H and O–H groups in total. The van der Waals surface area contributed by atoms with Crippen molar-refractivity contribution >= 4 is 11.9 Å². The van der Waals surface area contributed by atoms with E-state index in [9.17, 15) is 13.6 Å². The Morgan fingerprint density at radius 1 is 1.17 bits per heavy atom. The minimum atomic E-state index is -0.494. The Bertz CT molecular complexity index is 547. The highest BCUT2D eigenvalue weighted by molar-refractivity contribution is 5.80. The average molecular weight is 326 g/mol. The molecular formula is C16H24F2N4O. The fourth-order valence-corrected chi connectivity index (χ4v) is 1.74. The quantitative estimate of drug-likeness (QED) is 0.407. The Balaban J connectivity index is 2.53. The van der Waals surface area contributed by atoms with Gasteiger partial charge in [0.15, 0.2) is 5.96 Å². The fourth-order valence-electron chi connectivity index (χ4n) is 1.74. The van der Waals surface area contributed by atoms with Crippen LogP contribution in [0, 0.1) is 17.6 Å². The molecule has 5 nitrogen and oxygen atoms in total. The van der Waals surface area contributed by atoms with Crippen molar-refractivity contribution in [1.82, 2.24) is 16.0 Å². The lowest BCUT2D eigenvalue weighted by molar-refractivity contribution is -0.123. The summed E-state index contributed by atoms with van der Waals surface area (Å²) in [6.07, 6.45) is 0. The van der Waals surface area contributed by atoms with Crippen LogP contribution in [0.4, 0.5) is 8.78 Å². The third-order valence-electron chi connectivity index (χ3n) is 3.00. The van der Waals surface area contributed by atoms with Gasteiger partial charge in [-0.3, -0.25) is 4.79 Å². The van der Waals surface area contributed by atoms with E-state index in [0.717, 1.165) is 18.2 Å². The van der Waals surface area contributed by atoms with E-state index in [1.165, 1.54) is 0 Å². The molecular weight excluding hydrogens is 302 g/mol. The zero-order valence-corrected chi connectivity index (χ0v) is 13.7. The van der Waals surface area contributed by atoms with Gasteiger partial charge < -0.3 is 16.0 Å². The van der Waals surface area contributed by atoms with Gasteiger partial charge in [0.2, 0.25) is 5.91 Å². The van der Waals surface area contributed by atoms with Crippen molar-refractivity contribution in [2.75, 3.05) is 19.6 Å². The number of guanidine groups is 1. The number of aliphatic imine (C=N–C) groups is 1. The van der Waals surface area contributed by atoms with E-state index in [1.54, 1.807) is 0 Å². The smallest absolute Gasteiger partial charge is 0.222 e. The molecule has 0 heterocycles. The van der Waals surface area contributed by atoms with Gasteiger partial charge in [-0.25, -0.2) is 13.8 Å². The molecule has 0 bridgehead atoms. The van der Waals surface area contributed by atoms with Crippen LogP contribution in [0.3, 0.4) is 0 Å². The molecule has 0 aliphatic heterocycles. The van der Waals surface area contributed by atoms with E-state index >= 15 is 0 Å². The maximum atomic E-state index is 13.6. The third-order valence-corrected chi connectivity index (χ3v) is 3.00. The molecule has 23 heavy (non-hydrogen) atoms. The number of amides is 1. The first-order valence-corrected chi connectivity index (χ1v) is 7.67. The van der Waals surface area contributed by atoms with Crippen molar-refractivity contribution in [2.24, 2.45) is 10.9 Å². The molecule has 0 spiro atoms. The Morgan fingerprint density at radius 2 is 1.87 bits per heavy atom. The monoisotopic (exact) mass is 326 g/mol. The van der Waals surface area contributed by atoms with E-state index in [1.807, 2.05) is 20.8 Å². The van der Waals surface area contributed by atoms with Crippen molar-refractivity contribution in [3.8, 4) is 0 Å². The molecule has 128 valence electrons. The van der Waals surface area contributed by atoms with E-state index < -0.39 is 11.6 Å². The van der Waals surface area contributed by atoms with Crippen LogP contribution in [0.2, 0.25) is 0 Å². The summed E-state index contributed by atoms with van der Waals surface area (Å²) in [4.78, 5) is 15.6. The number of nitrogens with one attached hydrogen (secondary N) is 3. The molecule has 7 heteroatoms. The van der Waals surface area contributed by atoms with Crippen LogP contribution in [0.1, 0.15) is 26.3 Å². The van der Waals surface area contributed by atoms with Crippen LogP contribution in [0.25, 0.3) is 0 Å². The van der Waals surface area contributed by atoms with Gasteiger partial charge in [-0.1, -0.05) is 13.8 Å². The highest BCUT2D eigenvalue weighted by atomic mass is 19.1. The number of hydrogen-bond donors (Lipinski definition) is 3. The van der Waals surface area contributed by atoms with Crippen LogP contribution in [0.5, 0.6) is 0 Å². The Labute approximate surface area is 135 Å². The van der Waals surface area contributed by atoms with Crippen molar-refractivity contribution in [1.29, 1.82) is 0 Å². The number of benzene rings is 1. The summed E-state index contributed by atoms with van der Waals surface area (Å²) in [6.45, 7) is 7.14. The molecule has 0 unspecified atom stereocenters. The van der Waals surface area contributed by atoms with Crippen molar-refractivity contribution in [3.05, 3.63) is 35.4 Å². The molecule has 0 radical (unpaired) electrons. The van der Waals surface area contributed by atoms with Crippen LogP contribution in [0.15, 0.2) is 23.2 Å². The summed E-state index contributed by atoms with van der Waals surface area (Å²) in [5.74, 6) is -0.584. The third kappa shape index (κ3) is 7.08. The van der Waals surface area contributed by atoms with Gasteiger partial charge in [-0.15, -0.1) is 0 Å². The average Bonchev–Trinajstić information content (AvgIpc) is 2.51. The lowest BCUT2D eigenvalue weighted by Gasteiger charge is -2.12. The minimum Gasteiger partial charge on any atom is -0.357 e. The molecule has 1 rings (SSSR count). The van der Waals surface area contributed by atoms with E-state index in [4.69, 9.17) is 0 Å². The summed E-state index contributed by atoms with van der Waals surface area (Å²) in [6, 6.07) is 3.29. The molecule has 0 aromatic heterocycles. The number of nitrogens with zero attached hydrogens (tertiary/aromatic N) is 1. The van der Waals surface area contributed by atoms with Gasteiger partial charge >= 0.3 is 0 Å². The standard InChI is InChI=1S/C16H24F2N4O/c1-4-19-16(21-8-7-20-15(23)11(2)3)22-10-12-9-13(17)5-6-14(12)18/h5-6,9,11H,4,7-8,10H2,1-3H3,(H,20,23)(H2,19,21,22). The molecule has 1 amide bonds. The summed E-state index contributed by atoms with van der Waals surface area (Å²) >= 11 is 0. The predicted octanol–water partition coefficient (Wildman–Crippen LogP) is 1.79. The van der Waals surface area contributed by atoms with Gasteiger partial charge in [-0.2, -0.15) is 0 Å². The number of carbonyl (C=O) groups is 1. The zero-order valence-electron chi connectivity index (χ0n) is 13.7. The minimum absolute atomic E-state index is 0.0180. The van der Waals surface area contributed by atoms with E-state index in [-0.39, 0.29) is 23.9 Å². The molecule has 0 aliphatic rings. The number of halogens is 2. The SMILES string of the molecule is CCNC(=NCc1cc(F)ccc1F)NCCNC(=O)C(C)C. The maximum Gasteiger partial charge on any atom is 0.222 e. The second-order valence-corrected chi connectivity index (χ2v) is 5.30. The topological polar surface area (TPSA) is 65.5 Å². The highest BCUT2D eigenvalue weighted by Gasteiger charge is 2.06. The second kappa shape index (κ2) is 9.76. The van der Waals surface area contributed by atoms with Crippen LogP contribution >= 0.6 is 0 Å². The Morgan fingerprint density at radius 3 is 2.52 bits per heavy atom. The molecule has 0 aliphatic carbocycles. The maximum absolute atomic E-state index is 13.6. The van der Waals surface area contributed by atoms with Crippen LogP contribution < -0.4 is 16.0 Å². The number of carbonyl (C=O) groups excluding carboxylic acids is 1. The molecule has 0 fully saturated rings. The summed E-state index contributed by atoms with van der Waals surface area (Å²) in [5, 5.41) is 8.81. The summed E-state index contributed by atoms with van der Waals surface area (Å²) in [7, 11) is 0. The molecule has 0 saturated carbocycles. The first kappa shape index (κ1) is 18.9. The lowest BCUT2D eigenvalue weighted by Crippen LogP contribution is -2.42. The summed E-state index contributed by atoms with van der Waals surface area (Å²) in [5.41, 5.74) is 0.190. The normalized spacial score (nSPS) is 11.5.